The zero-order valence-corrected chi connectivity index (χ0v) is 18.6. The van der Waals surface area contributed by atoms with Gasteiger partial charge in [-0.15, -0.1) is 0 Å². The molecule has 0 bridgehead atoms. The molecule has 0 unspecified atom stereocenters. The van der Waals surface area contributed by atoms with Gasteiger partial charge in [0, 0.05) is 18.5 Å². The number of ether oxygens (including phenoxy) is 1. The van der Waals surface area contributed by atoms with Crippen LogP contribution in [-0.4, -0.2) is 35.1 Å². The Bertz CT molecular complexity index is 1030. The van der Waals surface area contributed by atoms with Gasteiger partial charge in [-0.2, -0.15) is 0 Å². The molecule has 0 spiro atoms. The third-order valence-electron chi connectivity index (χ3n) is 4.56. The second kappa shape index (κ2) is 9.88. The molecule has 0 aliphatic carbocycles. The summed E-state index contributed by atoms with van der Waals surface area (Å²) in [5.41, 5.74) is 7.03. The number of benzene rings is 2. The number of aryl methyl sites for hydroxylation is 2. The molecule has 0 aliphatic heterocycles. The molecule has 3 rings (SSSR count). The van der Waals surface area contributed by atoms with E-state index in [9.17, 15) is 9.59 Å². The van der Waals surface area contributed by atoms with Crippen molar-refractivity contribution >= 4 is 50.3 Å². The summed E-state index contributed by atoms with van der Waals surface area (Å²) in [5.74, 6) is -0.192. The summed E-state index contributed by atoms with van der Waals surface area (Å²) in [4.78, 5) is 28.3. The lowest BCUT2D eigenvalue weighted by molar-refractivity contribution is -0.132. The largest absolute Gasteiger partial charge is 0.447 e. The minimum Gasteiger partial charge on any atom is -0.447 e. The van der Waals surface area contributed by atoms with Crippen LogP contribution in [0.15, 0.2) is 36.4 Å². The number of hydrogen-bond acceptors (Lipinski definition) is 6. The molecule has 2 amide bonds. The monoisotopic (exact) mass is 446 g/mol. The van der Waals surface area contributed by atoms with E-state index >= 15 is 0 Å². The Labute approximate surface area is 184 Å². The first-order valence-corrected chi connectivity index (χ1v) is 10.6. The van der Waals surface area contributed by atoms with Gasteiger partial charge in [0.2, 0.25) is 5.91 Å². The first-order valence-electron chi connectivity index (χ1n) is 9.40. The zero-order chi connectivity index (χ0) is 21.7. The fourth-order valence-electron chi connectivity index (χ4n) is 2.76. The Morgan fingerprint density at radius 3 is 2.67 bits per heavy atom. The summed E-state index contributed by atoms with van der Waals surface area (Å²) in [6.45, 7) is 6.11. The highest BCUT2D eigenvalue weighted by Gasteiger charge is 2.13. The molecule has 0 aliphatic rings. The van der Waals surface area contributed by atoms with Crippen molar-refractivity contribution < 1.29 is 14.3 Å². The third kappa shape index (κ3) is 5.69. The predicted octanol–water partition coefficient (Wildman–Crippen LogP) is 4.67. The Morgan fingerprint density at radius 1 is 1.20 bits per heavy atom. The smallest absolute Gasteiger partial charge is 0.413 e. The summed E-state index contributed by atoms with van der Waals surface area (Å²) < 4.78 is 6.20. The van der Waals surface area contributed by atoms with Gasteiger partial charge in [-0.3, -0.25) is 15.1 Å². The molecule has 7 nitrogen and oxygen atoms in total. The Morgan fingerprint density at radius 2 is 1.93 bits per heavy atom. The van der Waals surface area contributed by atoms with Crippen molar-refractivity contribution in [2.75, 3.05) is 18.5 Å². The minimum atomic E-state index is -0.614. The fourth-order valence-corrected chi connectivity index (χ4v) is 3.89. The molecule has 0 saturated heterocycles. The van der Waals surface area contributed by atoms with Gasteiger partial charge in [-0.05, 0) is 48.7 Å². The first-order chi connectivity index (χ1) is 14.3. The topological polar surface area (TPSA) is 83.6 Å². The van der Waals surface area contributed by atoms with E-state index in [0.717, 1.165) is 21.3 Å². The summed E-state index contributed by atoms with van der Waals surface area (Å²) in [6, 6.07) is 11.4. The number of thiazole rings is 1. The van der Waals surface area contributed by atoms with E-state index in [1.165, 1.54) is 28.8 Å². The van der Waals surface area contributed by atoms with Crippen LogP contribution in [0.25, 0.3) is 10.2 Å². The number of halogens is 1. The number of aromatic nitrogens is 1. The summed E-state index contributed by atoms with van der Waals surface area (Å²) in [5, 5.41) is 5.12. The maximum absolute atomic E-state index is 12.1. The molecule has 0 saturated carbocycles. The van der Waals surface area contributed by atoms with Crippen molar-refractivity contribution in [3.63, 3.8) is 0 Å². The number of nitrogens with one attached hydrogen (secondary N) is 2. The zero-order valence-electron chi connectivity index (χ0n) is 17.0. The highest BCUT2D eigenvalue weighted by molar-refractivity contribution is 7.22. The van der Waals surface area contributed by atoms with Crippen LogP contribution in [0, 0.1) is 13.8 Å². The van der Waals surface area contributed by atoms with Gasteiger partial charge in [0.25, 0.3) is 0 Å². The van der Waals surface area contributed by atoms with Crippen molar-refractivity contribution in [2.45, 2.75) is 27.3 Å². The van der Waals surface area contributed by atoms with Crippen molar-refractivity contribution in [3.8, 4) is 0 Å². The number of rotatable bonds is 7. The molecule has 9 heteroatoms. The van der Waals surface area contributed by atoms with Crippen molar-refractivity contribution in [3.05, 3.63) is 58.1 Å². The number of carbonyl (C=O) groups excluding carboxylic acids is 2. The van der Waals surface area contributed by atoms with Crippen molar-refractivity contribution in [1.82, 2.24) is 15.4 Å². The molecule has 1 aromatic heterocycles. The van der Waals surface area contributed by atoms with Crippen molar-refractivity contribution in [2.24, 2.45) is 0 Å². The second-order valence-electron chi connectivity index (χ2n) is 6.78. The molecule has 2 N–H and O–H groups in total. The number of hydrazine groups is 1. The third-order valence-corrected chi connectivity index (χ3v) is 5.86. The number of nitrogens with zero attached hydrogens (tertiary/aromatic N) is 2. The van der Waals surface area contributed by atoms with E-state index in [2.05, 4.69) is 15.7 Å². The quantitative estimate of drug-likeness (QED) is 0.515. The van der Waals surface area contributed by atoms with Gasteiger partial charge in [-0.1, -0.05) is 41.1 Å². The Balaban J connectivity index is 1.49. The summed E-state index contributed by atoms with van der Waals surface area (Å²) in [6.07, 6.45) is -0.614. The Hall–Kier alpha value is -2.68. The lowest BCUT2D eigenvalue weighted by Gasteiger charge is -2.22. The Kier molecular flexibility index (Phi) is 7.25. The molecule has 1 heterocycles. The summed E-state index contributed by atoms with van der Waals surface area (Å²) >= 11 is 7.52. The van der Waals surface area contributed by atoms with E-state index in [-0.39, 0.29) is 19.1 Å². The standard InChI is InChI=1S/C21H23ClN4O3S/c1-13-10-18-19(11-14(13)2)30-20(24-18)25-21(28)29-9-8-26(15(3)27)23-12-16-6-4-5-7-17(16)22/h4-7,10-11,23H,8-9,12H2,1-3H3,(H,24,25,28). The van der Waals surface area contributed by atoms with Crippen LogP contribution in [0.2, 0.25) is 5.02 Å². The van der Waals surface area contributed by atoms with E-state index in [1.807, 2.05) is 44.2 Å². The van der Waals surface area contributed by atoms with E-state index in [1.54, 1.807) is 6.07 Å². The van der Waals surface area contributed by atoms with Gasteiger partial charge < -0.3 is 4.74 Å². The maximum atomic E-state index is 12.1. The molecule has 3 aromatic rings. The van der Waals surface area contributed by atoms with Crippen LogP contribution in [0.4, 0.5) is 9.93 Å². The number of anilines is 1. The molecule has 0 radical (unpaired) electrons. The molecule has 158 valence electrons. The molecule has 0 atom stereocenters. The van der Waals surface area contributed by atoms with Crippen LogP contribution in [0.3, 0.4) is 0 Å². The fraction of sp³-hybridized carbons (Fsp3) is 0.286. The molecule has 0 fully saturated rings. The van der Waals surface area contributed by atoms with Gasteiger partial charge in [-0.25, -0.2) is 15.2 Å². The highest BCUT2D eigenvalue weighted by atomic mass is 35.5. The van der Waals surface area contributed by atoms with Crippen LogP contribution < -0.4 is 10.7 Å². The lowest BCUT2D eigenvalue weighted by atomic mass is 10.1. The van der Waals surface area contributed by atoms with Crippen LogP contribution >= 0.6 is 22.9 Å². The number of hydrogen-bond donors (Lipinski definition) is 2. The normalized spacial score (nSPS) is 10.8. The number of fused-ring (bicyclic) bond motifs is 1. The maximum Gasteiger partial charge on any atom is 0.413 e. The molecule has 30 heavy (non-hydrogen) atoms. The van der Waals surface area contributed by atoms with Crippen LogP contribution in [-0.2, 0) is 16.1 Å². The molecular formula is C21H23ClN4O3S. The van der Waals surface area contributed by atoms with Crippen LogP contribution in [0.5, 0.6) is 0 Å². The first kappa shape index (κ1) is 22.0. The summed E-state index contributed by atoms with van der Waals surface area (Å²) in [7, 11) is 0. The highest BCUT2D eigenvalue weighted by Crippen LogP contribution is 2.28. The minimum absolute atomic E-state index is 0.0318. The number of amides is 2. The van der Waals surface area contributed by atoms with Crippen LogP contribution in [0.1, 0.15) is 23.6 Å². The number of carbonyl (C=O) groups is 2. The average Bonchev–Trinajstić information content (AvgIpc) is 3.06. The predicted molar refractivity (Wildman–Crippen MR) is 120 cm³/mol. The molecule has 2 aromatic carbocycles. The second-order valence-corrected chi connectivity index (χ2v) is 8.22. The lowest BCUT2D eigenvalue weighted by Crippen LogP contribution is -2.43. The van der Waals surface area contributed by atoms with Gasteiger partial charge in [0.15, 0.2) is 5.13 Å². The average molecular weight is 447 g/mol. The van der Waals surface area contributed by atoms with Crippen molar-refractivity contribution in [1.29, 1.82) is 0 Å². The van der Waals surface area contributed by atoms with E-state index in [0.29, 0.717) is 16.7 Å². The van der Waals surface area contributed by atoms with Gasteiger partial charge >= 0.3 is 6.09 Å². The van der Waals surface area contributed by atoms with Gasteiger partial charge in [0.05, 0.1) is 16.8 Å². The van der Waals surface area contributed by atoms with E-state index in [4.69, 9.17) is 16.3 Å². The molecular weight excluding hydrogens is 424 g/mol. The SMILES string of the molecule is CC(=O)N(CCOC(=O)Nc1nc2cc(C)c(C)cc2s1)NCc1ccccc1Cl. The van der Waals surface area contributed by atoms with E-state index < -0.39 is 6.09 Å². The van der Waals surface area contributed by atoms with Gasteiger partial charge in [0.1, 0.15) is 6.61 Å².